The van der Waals surface area contributed by atoms with Gasteiger partial charge in [-0.1, -0.05) is 32.0 Å². The molecule has 1 aromatic rings. The van der Waals surface area contributed by atoms with Crippen molar-refractivity contribution in [2.45, 2.75) is 34.2 Å². The summed E-state index contributed by atoms with van der Waals surface area (Å²) < 4.78 is 11.2. The topological polar surface area (TPSA) is 54.9 Å². The molecule has 138 valence electrons. The van der Waals surface area contributed by atoms with Crippen LogP contribution in [0.3, 0.4) is 0 Å². The highest BCUT2D eigenvalue weighted by Crippen LogP contribution is 2.19. The third-order valence-corrected chi connectivity index (χ3v) is 3.04. The minimum absolute atomic E-state index is 0. The number of hydrogen-bond donors (Lipinski definition) is 2. The first-order valence-electron chi connectivity index (χ1n) is 8.48. The number of nitrogens with one attached hydrogen (secondary N) is 2. The van der Waals surface area contributed by atoms with E-state index in [0.29, 0.717) is 25.7 Å². The zero-order valence-electron chi connectivity index (χ0n) is 15.3. The van der Waals surface area contributed by atoms with Crippen molar-refractivity contribution in [3.63, 3.8) is 0 Å². The van der Waals surface area contributed by atoms with Crippen molar-refractivity contribution in [2.24, 2.45) is 10.9 Å². The first kappa shape index (κ1) is 23.0. The summed E-state index contributed by atoms with van der Waals surface area (Å²) in [4.78, 5) is 4.63. The lowest BCUT2D eigenvalue weighted by molar-refractivity contribution is 0.152. The molecule has 0 aliphatic heterocycles. The maximum atomic E-state index is 5.87. The molecular weight excluding hydrogens is 417 g/mol. The SMILES string of the molecule is CCNC(=NCc1ccccc1OCC(C)C)NCCOCC.I. The average molecular weight is 449 g/mol. The molecule has 24 heavy (non-hydrogen) atoms. The van der Waals surface area contributed by atoms with Crippen LogP contribution in [-0.2, 0) is 11.3 Å². The van der Waals surface area contributed by atoms with Gasteiger partial charge < -0.3 is 20.1 Å². The van der Waals surface area contributed by atoms with E-state index in [2.05, 4.69) is 42.5 Å². The second kappa shape index (κ2) is 14.3. The fourth-order valence-corrected chi connectivity index (χ4v) is 1.92. The number of rotatable bonds is 10. The minimum atomic E-state index is 0. The normalized spacial score (nSPS) is 11.1. The van der Waals surface area contributed by atoms with Crippen LogP contribution in [0, 0.1) is 5.92 Å². The van der Waals surface area contributed by atoms with Crippen LogP contribution in [0.4, 0.5) is 0 Å². The van der Waals surface area contributed by atoms with Gasteiger partial charge in [0.25, 0.3) is 0 Å². The third-order valence-electron chi connectivity index (χ3n) is 3.04. The van der Waals surface area contributed by atoms with Crippen LogP contribution in [0.15, 0.2) is 29.3 Å². The highest BCUT2D eigenvalue weighted by Gasteiger charge is 2.04. The van der Waals surface area contributed by atoms with Gasteiger partial charge in [0, 0.05) is 25.3 Å². The van der Waals surface area contributed by atoms with Crippen molar-refractivity contribution in [3.05, 3.63) is 29.8 Å². The molecule has 0 saturated carbocycles. The Morgan fingerprint density at radius 3 is 2.58 bits per heavy atom. The van der Waals surface area contributed by atoms with Crippen LogP contribution in [0.2, 0.25) is 0 Å². The number of guanidine groups is 1. The van der Waals surface area contributed by atoms with Crippen LogP contribution in [0.1, 0.15) is 33.3 Å². The molecule has 0 unspecified atom stereocenters. The highest BCUT2D eigenvalue weighted by atomic mass is 127. The van der Waals surface area contributed by atoms with Gasteiger partial charge in [0.2, 0.25) is 0 Å². The summed E-state index contributed by atoms with van der Waals surface area (Å²) in [5.41, 5.74) is 1.09. The predicted octanol–water partition coefficient (Wildman–Crippen LogP) is 3.43. The standard InChI is InChI=1S/C18H31N3O2.HI/c1-5-19-18(20-11-12-22-6-2)21-13-16-9-7-8-10-17(16)23-14-15(3)4;/h7-10,15H,5-6,11-14H2,1-4H3,(H2,19,20,21);1H. The molecule has 0 aromatic heterocycles. The zero-order chi connectivity index (χ0) is 16.9. The van der Waals surface area contributed by atoms with Crippen molar-refractivity contribution in [2.75, 3.05) is 32.9 Å². The minimum Gasteiger partial charge on any atom is -0.493 e. The largest absolute Gasteiger partial charge is 0.493 e. The van der Waals surface area contributed by atoms with Crippen LogP contribution in [0.25, 0.3) is 0 Å². The first-order valence-corrected chi connectivity index (χ1v) is 8.48. The van der Waals surface area contributed by atoms with Gasteiger partial charge in [-0.3, -0.25) is 0 Å². The number of ether oxygens (including phenoxy) is 2. The lowest BCUT2D eigenvalue weighted by Crippen LogP contribution is -2.39. The van der Waals surface area contributed by atoms with Gasteiger partial charge >= 0.3 is 0 Å². The number of aliphatic imine (C=N–C) groups is 1. The molecule has 1 aromatic carbocycles. The number of nitrogens with zero attached hydrogens (tertiary/aromatic N) is 1. The van der Waals surface area contributed by atoms with E-state index >= 15 is 0 Å². The van der Waals surface area contributed by atoms with Gasteiger partial charge in [-0.05, 0) is 25.8 Å². The summed E-state index contributed by atoms with van der Waals surface area (Å²) in [5.74, 6) is 2.21. The lowest BCUT2D eigenvalue weighted by Gasteiger charge is -2.14. The van der Waals surface area contributed by atoms with Crippen molar-refractivity contribution in [1.29, 1.82) is 0 Å². The Bertz CT molecular complexity index is 467. The van der Waals surface area contributed by atoms with Crippen molar-refractivity contribution < 1.29 is 9.47 Å². The Morgan fingerprint density at radius 2 is 1.92 bits per heavy atom. The average Bonchev–Trinajstić information content (AvgIpc) is 2.55. The Balaban J connectivity index is 0.00000529. The van der Waals surface area contributed by atoms with Crippen LogP contribution in [0.5, 0.6) is 5.75 Å². The molecule has 1 rings (SSSR count). The fraction of sp³-hybridized carbons (Fsp3) is 0.611. The molecule has 0 saturated heterocycles. The van der Waals surface area contributed by atoms with E-state index in [4.69, 9.17) is 9.47 Å². The van der Waals surface area contributed by atoms with Crippen molar-refractivity contribution in [3.8, 4) is 5.75 Å². The molecule has 0 heterocycles. The van der Waals surface area contributed by atoms with Gasteiger partial charge in [0.05, 0.1) is 19.8 Å². The molecule has 0 spiro atoms. The van der Waals surface area contributed by atoms with Crippen molar-refractivity contribution in [1.82, 2.24) is 10.6 Å². The molecule has 2 N–H and O–H groups in total. The molecule has 0 radical (unpaired) electrons. The first-order chi connectivity index (χ1) is 11.2. The van der Waals surface area contributed by atoms with Gasteiger partial charge in [-0.15, -0.1) is 24.0 Å². The molecule has 0 atom stereocenters. The molecule has 5 nitrogen and oxygen atoms in total. The van der Waals surface area contributed by atoms with E-state index < -0.39 is 0 Å². The summed E-state index contributed by atoms with van der Waals surface area (Å²) in [6.45, 7) is 12.6. The fourth-order valence-electron chi connectivity index (χ4n) is 1.92. The summed E-state index contributed by atoms with van der Waals surface area (Å²) in [7, 11) is 0. The number of hydrogen-bond acceptors (Lipinski definition) is 3. The second-order valence-corrected chi connectivity index (χ2v) is 5.63. The quantitative estimate of drug-likeness (QED) is 0.249. The van der Waals surface area contributed by atoms with E-state index in [0.717, 1.165) is 37.0 Å². The van der Waals surface area contributed by atoms with E-state index in [-0.39, 0.29) is 24.0 Å². The Hall–Kier alpha value is -1.02. The van der Waals surface area contributed by atoms with Crippen LogP contribution >= 0.6 is 24.0 Å². The number of benzene rings is 1. The monoisotopic (exact) mass is 449 g/mol. The summed E-state index contributed by atoms with van der Waals surface area (Å²) in [5, 5.41) is 6.51. The zero-order valence-corrected chi connectivity index (χ0v) is 17.6. The van der Waals surface area contributed by atoms with Crippen LogP contribution in [-0.4, -0.2) is 38.9 Å². The van der Waals surface area contributed by atoms with Crippen LogP contribution < -0.4 is 15.4 Å². The molecule has 0 fully saturated rings. The Kier molecular flexibility index (Phi) is 13.7. The number of halogens is 1. The molecule has 0 amide bonds. The number of para-hydroxylation sites is 1. The third kappa shape index (κ3) is 9.97. The Morgan fingerprint density at radius 1 is 1.17 bits per heavy atom. The predicted molar refractivity (Wildman–Crippen MR) is 112 cm³/mol. The maximum Gasteiger partial charge on any atom is 0.191 e. The van der Waals surface area contributed by atoms with Crippen molar-refractivity contribution >= 4 is 29.9 Å². The molecule has 0 bridgehead atoms. The smallest absolute Gasteiger partial charge is 0.191 e. The molecular formula is C18H32IN3O2. The van der Waals surface area contributed by atoms with E-state index in [1.807, 2.05) is 25.1 Å². The summed E-state index contributed by atoms with van der Waals surface area (Å²) in [6, 6.07) is 8.07. The maximum absolute atomic E-state index is 5.87. The highest BCUT2D eigenvalue weighted by molar-refractivity contribution is 14.0. The van der Waals surface area contributed by atoms with E-state index in [9.17, 15) is 0 Å². The Labute approximate surface area is 163 Å². The lowest BCUT2D eigenvalue weighted by atomic mass is 10.2. The second-order valence-electron chi connectivity index (χ2n) is 5.63. The molecule has 0 aliphatic carbocycles. The summed E-state index contributed by atoms with van der Waals surface area (Å²) >= 11 is 0. The van der Waals surface area contributed by atoms with E-state index in [1.54, 1.807) is 0 Å². The molecule has 6 heteroatoms. The van der Waals surface area contributed by atoms with Gasteiger partial charge in [0.15, 0.2) is 5.96 Å². The van der Waals surface area contributed by atoms with E-state index in [1.165, 1.54) is 0 Å². The van der Waals surface area contributed by atoms with Gasteiger partial charge in [-0.25, -0.2) is 4.99 Å². The van der Waals surface area contributed by atoms with Gasteiger partial charge in [-0.2, -0.15) is 0 Å². The molecule has 0 aliphatic rings. The van der Waals surface area contributed by atoms with Gasteiger partial charge in [0.1, 0.15) is 5.75 Å². The summed E-state index contributed by atoms with van der Waals surface area (Å²) in [6.07, 6.45) is 0.